The highest BCUT2D eigenvalue weighted by Crippen LogP contribution is 2.19. The molecule has 19 heavy (non-hydrogen) atoms. The zero-order valence-electron chi connectivity index (χ0n) is 9.59. The Balaban J connectivity index is 2.36. The highest BCUT2D eigenvalue weighted by molar-refractivity contribution is 6.09. The van der Waals surface area contributed by atoms with Crippen molar-refractivity contribution in [2.75, 3.05) is 5.32 Å². The molecule has 2 rings (SSSR count). The van der Waals surface area contributed by atoms with Crippen LogP contribution >= 0.6 is 0 Å². The van der Waals surface area contributed by atoms with E-state index < -0.39 is 17.6 Å². The molecule has 0 unspecified atom stereocenters. The summed E-state index contributed by atoms with van der Waals surface area (Å²) in [4.78, 5) is 11.8. The zero-order chi connectivity index (χ0) is 13.8. The first-order chi connectivity index (χ1) is 9.13. The van der Waals surface area contributed by atoms with Gasteiger partial charge in [0.2, 0.25) is 0 Å². The lowest BCUT2D eigenvalue weighted by Gasteiger charge is -2.10. The quantitative estimate of drug-likeness (QED) is 0.285. The number of aromatic nitrogens is 2. The molecular formula is C11H10FN5O2. The van der Waals surface area contributed by atoms with Crippen LogP contribution in [0.2, 0.25) is 0 Å². The largest absolute Gasteiger partial charge is 0.409 e. The molecule has 1 aromatic heterocycles. The number of amidine groups is 1. The van der Waals surface area contributed by atoms with Gasteiger partial charge in [-0.05, 0) is 18.2 Å². The first-order valence-electron chi connectivity index (χ1n) is 5.20. The van der Waals surface area contributed by atoms with Gasteiger partial charge in [0, 0.05) is 6.20 Å². The first-order valence-corrected chi connectivity index (χ1v) is 5.20. The molecule has 0 spiro atoms. The molecule has 7 nitrogen and oxygen atoms in total. The number of H-pyrrole nitrogens is 1. The van der Waals surface area contributed by atoms with Crippen molar-refractivity contribution in [2.24, 2.45) is 10.9 Å². The maximum absolute atomic E-state index is 13.6. The van der Waals surface area contributed by atoms with Crippen molar-refractivity contribution in [1.82, 2.24) is 10.2 Å². The molecule has 98 valence electrons. The Morgan fingerprint density at radius 3 is 2.89 bits per heavy atom. The van der Waals surface area contributed by atoms with E-state index in [2.05, 4.69) is 20.7 Å². The monoisotopic (exact) mass is 263 g/mol. The summed E-state index contributed by atoms with van der Waals surface area (Å²) in [5, 5.41) is 19.9. The van der Waals surface area contributed by atoms with E-state index in [0.29, 0.717) is 0 Å². The molecule has 0 fully saturated rings. The van der Waals surface area contributed by atoms with E-state index >= 15 is 0 Å². The van der Waals surface area contributed by atoms with Gasteiger partial charge in [0.15, 0.2) is 5.84 Å². The molecule has 1 aromatic carbocycles. The summed E-state index contributed by atoms with van der Waals surface area (Å²) in [6, 6.07) is 5.42. The lowest BCUT2D eigenvalue weighted by Crippen LogP contribution is -2.20. The Bertz CT molecular complexity index is 624. The van der Waals surface area contributed by atoms with Crippen LogP contribution in [0.5, 0.6) is 0 Å². The minimum absolute atomic E-state index is 0.0925. The highest BCUT2D eigenvalue weighted by atomic mass is 19.1. The fourth-order valence-corrected chi connectivity index (χ4v) is 1.51. The maximum Gasteiger partial charge on any atom is 0.273 e. The Morgan fingerprint density at radius 2 is 2.26 bits per heavy atom. The predicted molar refractivity (Wildman–Crippen MR) is 65.5 cm³/mol. The molecule has 5 N–H and O–H groups in total. The van der Waals surface area contributed by atoms with Crippen LogP contribution < -0.4 is 11.1 Å². The van der Waals surface area contributed by atoms with Crippen molar-refractivity contribution in [3.8, 4) is 0 Å². The number of nitrogens with one attached hydrogen (secondary N) is 2. The van der Waals surface area contributed by atoms with E-state index in [-0.39, 0.29) is 16.9 Å². The number of benzene rings is 1. The number of hydrogen-bond acceptors (Lipinski definition) is 4. The second-order valence-corrected chi connectivity index (χ2v) is 3.57. The summed E-state index contributed by atoms with van der Waals surface area (Å²) in [5.41, 5.74) is 5.49. The molecule has 1 amide bonds. The summed E-state index contributed by atoms with van der Waals surface area (Å²) in [5.74, 6) is -1.66. The third kappa shape index (κ3) is 2.51. The standard InChI is InChI=1S/C11H10FN5O2/c12-6-2-1-3-7(9(6)10(13)17-19)15-11(18)8-4-5-14-16-8/h1-5,19H,(H2,13,17)(H,14,16)(H,15,18). The summed E-state index contributed by atoms with van der Waals surface area (Å²) >= 11 is 0. The molecule has 0 aliphatic carbocycles. The number of rotatable bonds is 3. The van der Waals surface area contributed by atoms with E-state index in [1.165, 1.54) is 24.4 Å². The lowest BCUT2D eigenvalue weighted by molar-refractivity contribution is 0.102. The van der Waals surface area contributed by atoms with Gasteiger partial charge in [-0.3, -0.25) is 9.89 Å². The molecule has 0 bridgehead atoms. The van der Waals surface area contributed by atoms with Crippen LogP contribution in [0.4, 0.5) is 10.1 Å². The number of hydrogen-bond donors (Lipinski definition) is 4. The fraction of sp³-hybridized carbons (Fsp3) is 0. The van der Waals surface area contributed by atoms with Gasteiger partial charge >= 0.3 is 0 Å². The summed E-state index contributed by atoms with van der Waals surface area (Å²) in [6.45, 7) is 0. The number of nitrogens with zero attached hydrogens (tertiary/aromatic N) is 2. The molecule has 0 atom stereocenters. The number of carbonyl (C=O) groups is 1. The van der Waals surface area contributed by atoms with Crippen LogP contribution in [0.15, 0.2) is 35.6 Å². The third-order valence-electron chi connectivity index (χ3n) is 2.37. The predicted octanol–water partition coefficient (Wildman–Crippen LogP) is 0.896. The van der Waals surface area contributed by atoms with E-state index in [1.54, 1.807) is 0 Å². The van der Waals surface area contributed by atoms with Gasteiger partial charge in [-0.2, -0.15) is 5.10 Å². The molecule has 2 aromatic rings. The molecule has 1 heterocycles. The Labute approximate surface area is 106 Å². The van der Waals surface area contributed by atoms with E-state index in [4.69, 9.17) is 10.9 Å². The van der Waals surface area contributed by atoms with Gasteiger partial charge in [0.05, 0.1) is 11.3 Å². The van der Waals surface area contributed by atoms with Gasteiger partial charge in [-0.15, -0.1) is 0 Å². The van der Waals surface area contributed by atoms with Gasteiger partial charge in [-0.1, -0.05) is 11.2 Å². The number of halogens is 1. The average molecular weight is 263 g/mol. The minimum Gasteiger partial charge on any atom is -0.409 e. The van der Waals surface area contributed by atoms with Gasteiger partial charge < -0.3 is 16.3 Å². The number of nitrogens with two attached hydrogens (primary N) is 1. The smallest absolute Gasteiger partial charge is 0.273 e. The lowest BCUT2D eigenvalue weighted by atomic mass is 10.1. The van der Waals surface area contributed by atoms with Crippen LogP contribution in [-0.4, -0.2) is 27.1 Å². The SMILES string of the molecule is N/C(=N/O)c1c(F)cccc1NC(=O)c1ccn[nH]1. The topological polar surface area (TPSA) is 116 Å². The summed E-state index contributed by atoms with van der Waals surface area (Å²) < 4.78 is 13.6. The molecular weight excluding hydrogens is 253 g/mol. The highest BCUT2D eigenvalue weighted by Gasteiger charge is 2.16. The first kappa shape index (κ1) is 12.6. The van der Waals surface area contributed by atoms with E-state index in [9.17, 15) is 9.18 Å². The van der Waals surface area contributed by atoms with Crippen molar-refractivity contribution in [2.45, 2.75) is 0 Å². The van der Waals surface area contributed by atoms with Crippen LogP contribution in [0.25, 0.3) is 0 Å². The summed E-state index contributed by atoms with van der Waals surface area (Å²) in [7, 11) is 0. The number of anilines is 1. The second kappa shape index (κ2) is 5.17. The molecule has 0 saturated heterocycles. The van der Waals surface area contributed by atoms with Crippen molar-refractivity contribution < 1.29 is 14.4 Å². The number of aromatic amines is 1. The normalized spacial score (nSPS) is 11.3. The third-order valence-corrected chi connectivity index (χ3v) is 2.37. The van der Waals surface area contributed by atoms with Gasteiger partial charge in [0.1, 0.15) is 11.5 Å². The minimum atomic E-state index is -0.710. The van der Waals surface area contributed by atoms with E-state index in [1.807, 2.05) is 0 Å². The van der Waals surface area contributed by atoms with Crippen molar-refractivity contribution in [3.63, 3.8) is 0 Å². The van der Waals surface area contributed by atoms with Crippen molar-refractivity contribution >= 4 is 17.4 Å². The molecule has 8 heteroatoms. The fourth-order valence-electron chi connectivity index (χ4n) is 1.51. The zero-order valence-corrected chi connectivity index (χ0v) is 9.59. The second-order valence-electron chi connectivity index (χ2n) is 3.57. The molecule has 0 radical (unpaired) electrons. The summed E-state index contributed by atoms with van der Waals surface area (Å²) in [6.07, 6.45) is 1.41. The van der Waals surface area contributed by atoms with Gasteiger partial charge in [-0.25, -0.2) is 4.39 Å². The van der Waals surface area contributed by atoms with Crippen LogP contribution in [0, 0.1) is 5.82 Å². The number of oxime groups is 1. The number of carbonyl (C=O) groups excluding carboxylic acids is 1. The Kier molecular flexibility index (Phi) is 3.42. The van der Waals surface area contributed by atoms with Crippen LogP contribution in [0.3, 0.4) is 0 Å². The van der Waals surface area contributed by atoms with Crippen molar-refractivity contribution in [1.29, 1.82) is 0 Å². The molecule has 0 saturated carbocycles. The van der Waals surface area contributed by atoms with Crippen LogP contribution in [0.1, 0.15) is 16.1 Å². The molecule has 0 aliphatic rings. The van der Waals surface area contributed by atoms with E-state index in [0.717, 1.165) is 6.07 Å². The molecule has 0 aliphatic heterocycles. The average Bonchev–Trinajstić information content (AvgIpc) is 2.92. The maximum atomic E-state index is 13.6. The van der Waals surface area contributed by atoms with Crippen molar-refractivity contribution in [3.05, 3.63) is 47.5 Å². The Morgan fingerprint density at radius 1 is 1.47 bits per heavy atom. The van der Waals surface area contributed by atoms with Gasteiger partial charge in [0.25, 0.3) is 5.91 Å². The Hall–Kier alpha value is -2.90. The number of amides is 1. The van der Waals surface area contributed by atoms with Crippen LogP contribution in [-0.2, 0) is 0 Å².